The largest absolute Gasteiger partial charge is 0.466 e. The smallest absolute Gasteiger partial charge is 0.160 e. The Balaban J connectivity index is 2.28. The predicted octanol–water partition coefficient (Wildman–Crippen LogP) is 1.55. The molecule has 0 amide bonds. The van der Waals surface area contributed by atoms with Gasteiger partial charge >= 0.3 is 0 Å². The van der Waals surface area contributed by atoms with E-state index in [1.165, 1.54) is 0 Å². The summed E-state index contributed by atoms with van der Waals surface area (Å²) >= 11 is 0. The lowest BCUT2D eigenvalue weighted by Crippen LogP contribution is -2.27. The average molecular weight is 220 g/mol. The molecule has 0 aliphatic rings. The molecule has 0 N–H and O–H groups in total. The highest BCUT2D eigenvalue weighted by Crippen LogP contribution is 2.07. The molecule has 16 heavy (non-hydrogen) atoms. The molecule has 86 valence electrons. The fraction of sp³-hybridized carbons (Fsp3) is 0.500. The minimum Gasteiger partial charge on any atom is -0.466 e. The van der Waals surface area contributed by atoms with E-state index in [4.69, 9.17) is 9.68 Å². The zero-order chi connectivity index (χ0) is 12.0. The number of rotatable bonds is 6. The third-order valence-electron chi connectivity index (χ3n) is 2.26. The summed E-state index contributed by atoms with van der Waals surface area (Å²) in [6.45, 7) is 2.99. The first kappa shape index (κ1) is 12.5. The summed E-state index contributed by atoms with van der Waals surface area (Å²) < 4.78 is 5.42. The molecule has 0 saturated heterocycles. The summed E-state index contributed by atoms with van der Waals surface area (Å²) in [5.41, 5.74) is 0. The number of hydrogen-bond acceptors (Lipinski definition) is 4. The van der Waals surface area contributed by atoms with Gasteiger partial charge in [-0.25, -0.2) is 0 Å². The van der Waals surface area contributed by atoms with Crippen molar-refractivity contribution in [2.45, 2.75) is 19.8 Å². The Labute approximate surface area is 95.5 Å². The molecule has 0 radical (unpaired) electrons. The Hall–Kier alpha value is -1.60. The minimum atomic E-state index is -0.0411. The van der Waals surface area contributed by atoms with Gasteiger partial charge in [0.1, 0.15) is 11.5 Å². The van der Waals surface area contributed by atoms with E-state index in [1.807, 2.05) is 37.1 Å². The summed E-state index contributed by atoms with van der Waals surface area (Å²) in [6.07, 6.45) is 0.772. The van der Waals surface area contributed by atoms with Crippen molar-refractivity contribution >= 4 is 5.78 Å². The maximum atomic E-state index is 11.2. The molecule has 0 aliphatic heterocycles. The van der Waals surface area contributed by atoms with Crippen molar-refractivity contribution in [3.63, 3.8) is 0 Å². The maximum Gasteiger partial charge on any atom is 0.160 e. The fourth-order valence-electron chi connectivity index (χ4n) is 1.44. The number of likely N-dealkylation sites (N-methyl/N-ethyl adjacent to an activating group) is 1. The molecule has 1 aromatic heterocycles. The van der Waals surface area contributed by atoms with Crippen molar-refractivity contribution in [3.05, 3.63) is 23.7 Å². The summed E-state index contributed by atoms with van der Waals surface area (Å²) in [7, 11) is 1.87. The van der Waals surface area contributed by atoms with Crippen LogP contribution in [0, 0.1) is 18.3 Å². The van der Waals surface area contributed by atoms with Crippen molar-refractivity contribution in [2.24, 2.45) is 0 Å². The Bertz CT molecular complexity index is 390. The van der Waals surface area contributed by atoms with Gasteiger partial charge in [0.15, 0.2) is 5.78 Å². The number of Topliss-reactive ketones (excluding diaryl/α,β-unsaturated/α-hetero) is 1. The van der Waals surface area contributed by atoms with Crippen LogP contribution in [0.25, 0.3) is 0 Å². The highest BCUT2D eigenvalue weighted by atomic mass is 16.3. The Morgan fingerprint density at radius 2 is 2.31 bits per heavy atom. The quantitative estimate of drug-likeness (QED) is 0.729. The molecule has 0 aliphatic carbocycles. The van der Waals surface area contributed by atoms with Gasteiger partial charge in [0, 0.05) is 13.0 Å². The lowest BCUT2D eigenvalue weighted by molar-refractivity contribution is -0.118. The second-order valence-electron chi connectivity index (χ2n) is 3.87. The van der Waals surface area contributed by atoms with Crippen molar-refractivity contribution in [1.82, 2.24) is 4.90 Å². The van der Waals surface area contributed by atoms with Crippen LogP contribution in [0.4, 0.5) is 0 Å². The highest BCUT2D eigenvalue weighted by Gasteiger charge is 2.07. The number of nitriles is 1. The lowest BCUT2D eigenvalue weighted by Gasteiger charge is -2.13. The van der Waals surface area contributed by atoms with Crippen LogP contribution < -0.4 is 0 Å². The molecule has 4 nitrogen and oxygen atoms in total. The van der Waals surface area contributed by atoms with Crippen LogP contribution in [0.3, 0.4) is 0 Å². The maximum absolute atomic E-state index is 11.2. The molecule has 0 bridgehead atoms. The Kier molecular flexibility index (Phi) is 4.74. The molecule has 1 heterocycles. The minimum absolute atomic E-state index is 0.00972. The monoisotopic (exact) mass is 220 g/mol. The molecule has 0 aromatic carbocycles. The SMILES string of the molecule is Cc1ccc(CCN(C)CC(=O)CC#N)o1. The first-order chi connectivity index (χ1) is 7.61. The molecular formula is C12H16N2O2. The number of carbonyl (C=O) groups is 1. The van der Waals surface area contributed by atoms with Crippen molar-refractivity contribution in [2.75, 3.05) is 20.1 Å². The fourth-order valence-corrected chi connectivity index (χ4v) is 1.44. The van der Waals surface area contributed by atoms with Crippen LogP contribution in [0.15, 0.2) is 16.5 Å². The van der Waals surface area contributed by atoms with E-state index in [0.29, 0.717) is 6.54 Å². The van der Waals surface area contributed by atoms with Gasteiger partial charge in [0.2, 0.25) is 0 Å². The van der Waals surface area contributed by atoms with E-state index in [9.17, 15) is 4.79 Å². The summed E-state index contributed by atoms with van der Waals surface area (Å²) in [4.78, 5) is 13.1. The first-order valence-corrected chi connectivity index (χ1v) is 5.24. The third-order valence-corrected chi connectivity index (χ3v) is 2.26. The Morgan fingerprint density at radius 1 is 1.56 bits per heavy atom. The summed E-state index contributed by atoms with van der Waals surface area (Å²) in [6, 6.07) is 5.73. The topological polar surface area (TPSA) is 57.2 Å². The van der Waals surface area contributed by atoms with E-state index >= 15 is 0 Å². The van der Waals surface area contributed by atoms with E-state index < -0.39 is 0 Å². The van der Waals surface area contributed by atoms with Gasteiger partial charge in [-0.2, -0.15) is 5.26 Å². The van der Waals surface area contributed by atoms with Gasteiger partial charge in [0.25, 0.3) is 0 Å². The normalized spacial score (nSPS) is 10.4. The number of carbonyl (C=O) groups excluding carboxylic acids is 1. The van der Waals surface area contributed by atoms with E-state index in [-0.39, 0.29) is 12.2 Å². The second kappa shape index (κ2) is 6.09. The number of ketones is 1. The van der Waals surface area contributed by atoms with Crippen LogP contribution in [0.5, 0.6) is 0 Å². The van der Waals surface area contributed by atoms with E-state index in [2.05, 4.69) is 0 Å². The highest BCUT2D eigenvalue weighted by molar-refractivity contribution is 5.82. The standard InChI is InChI=1S/C12H16N2O2/c1-10-3-4-12(16-10)6-8-14(2)9-11(15)5-7-13/h3-4H,5-6,8-9H2,1-2H3. The molecule has 0 saturated carbocycles. The second-order valence-corrected chi connectivity index (χ2v) is 3.87. The summed E-state index contributed by atoms with van der Waals surface area (Å²) in [5, 5.41) is 8.36. The van der Waals surface area contributed by atoms with Crippen LogP contribution in [-0.2, 0) is 11.2 Å². The number of aryl methyl sites for hydroxylation is 1. The van der Waals surface area contributed by atoms with Crippen molar-refractivity contribution in [1.29, 1.82) is 5.26 Å². The molecule has 0 spiro atoms. The van der Waals surface area contributed by atoms with E-state index in [0.717, 1.165) is 24.5 Å². The molecule has 0 unspecified atom stereocenters. The lowest BCUT2D eigenvalue weighted by atomic mass is 10.2. The molecule has 0 fully saturated rings. The Morgan fingerprint density at radius 3 is 2.88 bits per heavy atom. The predicted molar refractivity (Wildman–Crippen MR) is 59.9 cm³/mol. The number of hydrogen-bond donors (Lipinski definition) is 0. The number of nitrogens with zero attached hydrogens (tertiary/aromatic N) is 2. The van der Waals surface area contributed by atoms with Gasteiger partial charge < -0.3 is 4.42 Å². The number of furan rings is 1. The van der Waals surface area contributed by atoms with Crippen LogP contribution in [0.1, 0.15) is 17.9 Å². The van der Waals surface area contributed by atoms with Crippen LogP contribution in [0.2, 0.25) is 0 Å². The van der Waals surface area contributed by atoms with Gasteiger partial charge in [-0.3, -0.25) is 9.69 Å². The zero-order valence-electron chi connectivity index (χ0n) is 9.69. The summed E-state index contributed by atoms with van der Waals surface area (Å²) in [5.74, 6) is 1.79. The first-order valence-electron chi connectivity index (χ1n) is 5.24. The molecular weight excluding hydrogens is 204 g/mol. The molecule has 1 aromatic rings. The van der Waals surface area contributed by atoms with E-state index in [1.54, 1.807) is 0 Å². The zero-order valence-corrected chi connectivity index (χ0v) is 9.69. The van der Waals surface area contributed by atoms with Crippen molar-refractivity contribution in [3.8, 4) is 6.07 Å². The molecule has 4 heteroatoms. The molecule has 0 atom stereocenters. The van der Waals surface area contributed by atoms with Gasteiger partial charge in [-0.05, 0) is 26.1 Å². The third kappa shape index (κ3) is 4.28. The van der Waals surface area contributed by atoms with Crippen LogP contribution >= 0.6 is 0 Å². The van der Waals surface area contributed by atoms with Crippen molar-refractivity contribution < 1.29 is 9.21 Å². The average Bonchev–Trinajstić information content (AvgIpc) is 2.61. The van der Waals surface area contributed by atoms with Gasteiger partial charge in [-0.1, -0.05) is 0 Å². The van der Waals surface area contributed by atoms with Crippen LogP contribution in [-0.4, -0.2) is 30.8 Å². The van der Waals surface area contributed by atoms with Gasteiger partial charge in [0.05, 0.1) is 19.0 Å². The molecule has 1 rings (SSSR count). The van der Waals surface area contributed by atoms with Gasteiger partial charge in [-0.15, -0.1) is 0 Å².